The highest BCUT2D eigenvalue weighted by molar-refractivity contribution is 7.86. The van der Waals surface area contributed by atoms with Gasteiger partial charge in [-0.15, -0.1) is 0 Å². The molecule has 2 aliphatic rings. The second kappa shape index (κ2) is 6.04. The predicted molar refractivity (Wildman–Crippen MR) is 83.1 cm³/mol. The summed E-state index contributed by atoms with van der Waals surface area (Å²) in [6, 6.07) is 8.39. The number of likely N-dealkylation sites (N-methyl/N-ethyl adjacent to an activating group) is 1. The first-order valence-electron chi connectivity index (χ1n) is 7.60. The van der Waals surface area contributed by atoms with Gasteiger partial charge in [0.2, 0.25) is 0 Å². The van der Waals surface area contributed by atoms with Crippen LogP contribution in [0.3, 0.4) is 0 Å². The Kier molecular flexibility index (Phi) is 4.31. The Hall–Kier alpha value is -0.950. The SMILES string of the molecule is CNC1CCCN(S(=O)(=O)N2CCc3ccccc3C2)C1. The van der Waals surface area contributed by atoms with Gasteiger partial charge in [-0.3, -0.25) is 0 Å². The normalized spacial score (nSPS) is 24.7. The highest BCUT2D eigenvalue weighted by atomic mass is 32.2. The molecule has 21 heavy (non-hydrogen) atoms. The van der Waals surface area contributed by atoms with Crippen LogP contribution in [0.2, 0.25) is 0 Å². The van der Waals surface area contributed by atoms with Crippen molar-refractivity contribution in [3.05, 3.63) is 35.4 Å². The van der Waals surface area contributed by atoms with Crippen LogP contribution in [0.5, 0.6) is 0 Å². The first kappa shape index (κ1) is 15.0. The standard InChI is InChI=1S/C15H23N3O2S/c1-16-15-7-4-9-17(12-15)21(19,20)18-10-8-13-5-2-3-6-14(13)11-18/h2-3,5-6,15-16H,4,7-12H2,1H3. The molecule has 2 heterocycles. The van der Waals surface area contributed by atoms with Crippen LogP contribution in [0.15, 0.2) is 24.3 Å². The van der Waals surface area contributed by atoms with E-state index in [1.54, 1.807) is 8.61 Å². The van der Waals surface area contributed by atoms with E-state index >= 15 is 0 Å². The predicted octanol–water partition coefficient (Wildman–Crippen LogP) is 0.973. The molecule has 5 nitrogen and oxygen atoms in total. The summed E-state index contributed by atoms with van der Waals surface area (Å²) < 4.78 is 28.9. The van der Waals surface area contributed by atoms with E-state index in [1.165, 1.54) is 5.56 Å². The summed E-state index contributed by atoms with van der Waals surface area (Å²) in [7, 11) is -1.44. The van der Waals surface area contributed by atoms with Crippen molar-refractivity contribution in [1.82, 2.24) is 13.9 Å². The van der Waals surface area contributed by atoms with Crippen molar-refractivity contribution in [3.63, 3.8) is 0 Å². The Balaban J connectivity index is 1.77. The molecule has 0 bridgehead atoms. The number of fused-ring (bicyclic) bond motifs is 1. The van der Waals surface area contributed by atoms with Crippen molar-refractivity contribution >= 4 is 10.2 Å². The summed E-state index contributed by atoms with van der Waals surface area (Å²) in [5.41, 5.74) is 2.41. The number of nitrogens with zero attached hydrogens (tertiary/aromatic N) is 2. The molecule has 2 aliphatic heterocycles. The van der Waals surface area contributed by atoms with E-state index in [0.29, 0.717) is 26.2 Å². The third-order valence-corrected chi connectivity index (χ3v) is 6.49. The van der Waals surface area contributed by atoms with Crippen molar-refractivity contribution in [2.24, 2.45) is 0 Å². The van der Waals surface area contributed by atoms with Crippen LogP contribution in [0, 0.1) is 0 Å². The first-order chi connectivity index (χ1) is 10.1. The number of nitrogens with one attached hydrogen (secondary N) is 1. The molecule has 0 aliphatic carbocycles. The highest BCUT2D eigenvalue weighted by Crippen LogP contribution is 2.24. The second-order valence-corrected chi connectivity index (χ2v) is 7.77. The zero-order valence-electron chi connectivity index (χ0n) is 12.5. The smallest absolute Gasteiger partial charge is 0.282 e. The Morgan fingerprint density at radius 1 is 1.14 bits per heavy atom. The second-order valence-electron chi connectivity index (χ2n) is 5.85. The summed E-state index contributed by atoms with van der Waals surface area (Å²) in [6.45, 7) is 2.30. The van der Waals surface area contributed by atoms with Crippen molar-refractivity contribution in [2.75, 3.05) is 26.7 Å². The van der Waals surface area contributed by atoms with Gasteiger partial charge in [0.05, 0.1) is 0 Å². The molecular formula is C15H23N3O2S. The van der Waals surface area contributed by atoms with Crippen LogP contribution < -0.4 is 5.32 Å². The summed E-state index contributed by atoms with van der Waals surface area (Å²) in [4.78, 5) is 0. The van der Waals surface area contributed by atoms with Gasteiger partial charge in [0.15, 0.2) is 0 Å². The third kappa shape index (κ3) is 2.99. The van der Waals surface area contributed by atoms with Gasteiger partial charge in [0.25, 0.3) is 10.2 Å². The monoisotopic (exact) mass is 309 g/mol. The lowest BCUT2D eigenvalue weighted by molar-refractivity contribution is 0.263. The van der Waals surface area contributed by atoms with Crippen LogP contribution >= 0.6 is 0 Å². The fourth-order valence-electron chi connectivity index (χ4n) is 3.22. The van der Waals surface area contributed by atoms with Gasteiger partial charge in [-0.2, -0.15) is 17.0 Å². The van der Waals surface area contributed by atoms with Gasteiger partial charge >= 0.3 is 0 Å². The van der Waals surface area contributed by atoms with Crippen LogP contribution in [0.1, 0.15) is 24.0 Å². The molecule has 1 fully saturated rings. The molecule has 1 aromatic rings. The van der Waals surface area contributed by atoms with E-state index in [1.807, 2.05) is 25.2 Å². The van der Waals surface area contributed by atoms with E-state index in [4.69, 9.17) is 0 Å². The van der Waals surface area contributed by atoms with Gasteiger partial charge in [-0.05, 0) is 37.4 Å². The minimum absolute atomic E-state index is 0.269. The number of hydrogen-bond acceptors (Lipinski definition) is 3. The van der Waals surface area contributed by atoms with E-state index in [2.05, 4.69) is 11.4 Å². The van der Waals surface area contributed by atoms with Gasteiger partial charge < -0.3 is 5.32 Å². The fourth-order valence-corrected chi connectivity index (χ4v) is 4.90. The summed E-state index contributed by atoms with van der Waals surface area (Å²) in [5.74, 6) is 0. The third-order valence-electron chi connectivity index (χ3n) is 4.54. The lowest BCUT2D eigenvalue weighted by atomic mass is 10.0. The molecule has 1 saturated heterocycles. The Morgan fingerprint density at radius 3 is 2.67 bits per heavy atom. The molecule has 3 rings (SSSR count). The van der Waals surface area contributed by atoms with Crippen molar-refractivity contribution in [3.8, 4) is 0 Å². The summed E-state index contributed by atoms with van der Waals surface area (Å²) >= 11 is 0. The fraction of sp³-hybridized carbons (Fsp3) is 0.600. The summed E-state index contributed by atoms with van der Waals surface area (Å²) in [5, 5.41) is 3.20. The molecule has 0 spiro atoms. The quantitative estimate of drug-likeness (QED) is 0.905. The molecule has 116 valence electrons. The maximum Gasteiger partial charge on any atom is 0.282 e. The zero-order valence-corrected chi connectivity index (χ0v) is 13.3. The minimum atomic E-state index is -3.34. The van der Waals surface area contributed by atoms with Crippen LogP contribution in [-0.4, -0.2) is 49.8 Å². The van der Waals surface area contributed by atoms with Crippen LogP contribution in [-0.2, 0) is 23.2 Å². The average molecular weight is 309 g/mol. The molecule has 1 aromatic carbocycles. The van der Waals surface area contributed by atoms with E-state index in [-0.39, 0.29) is 6.04 Å². The number of rotatable bonds is 3. The molecule has 0 radical (unpaired) electrons. The molecule has 0 aromatic heterocycles. The van der Waals surface area contributed by atoms with E-state index in [9.17, 15) is 8.42 Å². The van der Waals surface area contributed by atoms with E-state index < -0.39 is 10.2 Å². The topological polar surface area (TPSA) is 52.7 Å². The van der Waals surface area contributed by atoms with Crippen molar-refractivity contribution in [2.45, 2.75) is 31.8 Å². The van der Waals surface area contributed by atoms with Gasteiger partial charge in [-0.1, -0.05) is 24.3 Å². The largest absolute Gasteiger partial charge is 0.316 e. The Morgan fingerprint density at radius 2 is 1.90 bits per heavy atom. The first-order valence-corrected chi connectivity index (χ1v) is 9.00. The lowest BCUT2D eigenvalue weighted by Crippen LogP contribution is -2.52. The zero-order chi connectivity index (χ0) is 14.9. The van der Waals surface area contributed by atoms with Gasteiger partial charge in [0, 0.05) is 32.2 Å². The Labute approximate surface area is 127 Å². The molecule has 1 atom stereocenters. The summed E-state index contributed by atoms with van der Waals surface area (Å²) in [6.07, 6.45) is 2.78. The molecule has 0 amide bonds. The van der Waals surface area contributed by atoms with Crippen LogP contribution in [0.25, 0.3) is 0 Å². The van der Waals surface area contributed by atoms with E-state index in [0.717, 1.165) is 24.8 Å². The molecule has 1 unspecified atom stereocenters. The molecular weight excluding hydrogens is 286 g/mol. The maximum atomic E-state index is 12.8. The average Bonchev–Trinajstić information content (AvgIpc) is 2.54. The number of benzene rings is 1. The molecule has 6 heteroatoms. The Bertz CT molecular complexity index is 603. The van der Waals surface area contributed by atoms with Crippen molar-refractivity contribution in [1.29, 1.82) is 0 Å². The molecule has 1 N–H and O–H groups in total. The number of piperidine rings is 1. The number of hydrogen-bond donors (Lipinski definition) is 1. The highest BCUT2D eigenvalue weighted by Gasteiger charge is 2.34. The molecule has 0 saturated carbocycles. The van der Waals surface area contributed by atoms with Crippen molar-refractivity contribution < 1.29 is 8.42 Å². The van der Waals surface area contributed by atoms with Crippen LogP contribution in [0.4, 0.5) is 0 Å². The van der Waals surface area contributed by atoms with Gasteiger partial charge in [0.1, 0.15) is 0 Å². The minimum Gasteiger partial charge on any atom is -0.316 e. The van der Waals surface area contributed by atoms with Gasteiger partial charge in [-0.25, -0.2) is 0 Å². The lowest BCUT2D eigenvalue weighted by Gasteiger charge is -2.37. The maximum absolute atomic E-state index is 12.8.